The molecule has 0 N–H and O–H groups in total. The van der Waals surface area contributed by atoms with E-state index in [0.717, 1.165) is 24.0 Å². The fourth-order valence-corrected chi connectivity index (χ4v) is 1.29. The first-order chi connectivity index (χ1) is 7.08. The lowest BCUT2D eigenvalue weighted by atomic mass is 10.1. The number of esters is 1. The lowest BCUT2D eigenvalue weighted by molar-refractivity contribution is -0.131. The van der Waals surface area contributed by atoms with Crippen LogP contribution in [0.15, 0.2) is 36.4 Å². The molecule has 0 saturated heterocycles. The Bertz CT molecular complexity index is 367. The molecule has 2 nitrogen and oxygen atoms in total. The Morgan fingerprint density at radius 2 is 2.13 bits per heavy atom. The highest BCUT2D eigenvalue weighted by molar-refractivity contribution is 5.69. The van der Waals surface area contributed by atoms with E-state index in [1.54, 1.807) is 6.07 Å². The molecule has 0 aliphatic carbocycles. The molecule has 0 radical (unpaired) electrons. The molecule has 0 bridgehead atoms. The van der Waals surface area contributed by atoms with Gasteiger partial charge in [-0.3, -0.25) is 4.79 Å². The van der Waals surface area contributed by atoms with Crippen LogP contribution in [0.2, 0.25) is 0 Å². The Balaban J connectivity index is 2.65. The monoisotopic (exact) mass is 204 g/mol. The summed E-state index contributed by atoms with van der Waals surface area (Å²) in [6.45, 7) is 7.27. The molecule has 80 valence electrons. The van der Waals surface area contributed by atoms with Crippen molar-refractivity contribution in [2.45, 2.75) is 26.7 Å². The molecule has 0 fully saturated rings. The molecular weight excluding hydrogens is 188 g/mol. The summed E-state index contributed by atoms with van der Waals surface area (Å²) < 4.78 is 5.00. The Morgan fingerprint density at radius 3 is 2.73 bits per heavy atom. The summed E-state index contributed by atoms with van der Waals surface area (Å²) in [5, 5.41) is 0. The summed E-state index contributed by atoms with van der Waals surface area (Å²) in [4.78, 5) is 10.8. The summed E-state index contributed by atoms with van der Waals surface area (Å²) in [6.07, 6.45) is 1.90. The van der Waals surface area contributed by atoms with Gasteiger partial charge in [0.1, 0.15) is 5.75 Å². The summed E-state index contributed by atoms with van der Waals surface area (Å²) >= 11 is 0. The minimum absolute atomic E-state index is 0.285. The van der Waals surface area contributed by atoms with Crippen LogP contribution in [0.4, 0.5) is 0 Å². The highest BCUT2D eigenvalue weighted by Crippen LogP contribution is 2.15. The fourth-order valence-electron chi connectivity index (χ4n) is 1.29. The van der Waals surface area contributed by atoms with Crippen LogP contribution in [-0.2, 0) is 11.2 Å². The molecule has 15 heavy (non-hydrogen) atoms. The first-order valence-corrected chi connectivity index (χ1v) is 4.99. The molecule has 1 aromatic carbocycles. The average Bonchev–Trinajstić information content (AvgIpc) is 2.14. The molecule has 1 aromatic rings. The number of carbonyl (C=O) groups excluding carboxylic acids is 1. The van der Waals surface area contributed by atoms with Gasteiger partial charge in [0.15, 0.2) is 0 Å². The zero-order valence-corrected chi connectivity index (χ0v) is 9.25. The first-order valence-electron chi connectivity index (χ1n) is 4.99. The van der Waals surface area contributed by atoms with Crippen LogP contribution in [0.5, 0.6) is 5.75 Å². The molecule has 0 heterocycles. The lowest BCUT2D eigenvalue weighted by Crippen LogP contribution is -2.01. The number of benzene rings is 1. The second kappa shape index (κ2) is 5.35. The normalized spacial score (nSPS) is 9.73. The van der Waals surface area contributed by atoms with Crippen molar-refractivity contribution in [3.05, 3.63) is 42.0 Å². The third kappa shape index (κ3) is 4.45. The van der Waals surface area contributed by atoms with Crippen LogP contribution >= 0.6 is 0 Å². The van der Waals surface area contributed by atoms with Gasteiger partial charge in [-0.1, -0.05) is 17.7 Å². The molecule has 0 unspecified atom stereocenters. The standard InChI is InChI=1S/C13H16O2/c1-10(2)7-8-12-5-4-6-13(9-12)15-11(3)14/h4-6,9H,1,7-8H2,2-3H3. The summed E-state index contributed by atoms with van der Waals surface area (Å²) in [6, 6.07) is 7.60. The fraction of sp³-hybridized carbons (Fsp3) is 0.308. The predicted octanol–water partition coefficient (Wildman–Crippen LogP) is 3.12. The SMILES string of the molecule is C=C(C)CCc1cccc(OC(C)=O)c1. The number of aryl methyl sites for hydroxylation is 1. The van der Waals surface area contributed by atoms with Gasteiger partial charge in [-0.15, -0.1) is 6.58 Å². The van der Waals surface area contributed by atoms with Gasteiger partial charge in [-0.2, -0.15) is 0 Å². The van der Waals surface area contributed by atoms with Crippen LogP contribution in [0, 0.1) is 0 Å². The maximum absolute atomic E-state index is 10.8. The molecule has 0 aliphatic heterocycles. The zero-order valence-electron chi connectivity index (χ0n) is 9.25. The number of hydrogen-bond donors (Lipinski definition) is 0. The number of ether oxygens (including phenoxy) is 1. The van der Waals surface area contributed by atoms with E-state index in [9.17, 15) is 4.79 Å². The number of rotatable bonds is 4. The van der Waals surface area contributed by atoms with Gasteiger partial charge in [0.2, 0.25) is 0 Å². The number of hydrogen-bond acceptors (Lipinski definition) is 2. The molecule has 2 heteroatoms. The van der Waals surface area contributed by atoms with Gasteiger partial charge in [-0.25, -0.2) is 0 Å². The third-order valence-electron chi connectivity index (χ3n) is 2.00. The molecule has 1 rings (SSSR count). The van der Waals surface area contributed by atoms with E-state index in [1.165, 1.54) is 6.92 Å². The molecule has 0 saturated carbocycles. The Morgan fingerprint density at radius 1 is 1.40 bits per heavy atom. The summed E-state index contributed by atoms with van der Waals surface area (Å²) in [7, 11) is 0. The quantitative estimate of drug-likeness (QED) is 0.428. The first kappa shape index (κ1) is 11.5. The third-order valence-corrected chi connectivity index (χ3v) is 2.00. The number of allylic oxidation sites excluding steroid dienone is 1. The van der Waals surface area contributed by atoms with E-state index in [2.05, 4.69) is 6.58 Å². The van der Waals surface area contributed by atoms with E-state index < -0.39 is 0 Å². The Hall–Kier alpha value is -1.57. The lowest BCUT2D eigenvalue weighted by Gasteiger charge is -2.04. The van der Waals surface area contributed by atoms with Crippen LogP contribution in [-0.4, -0.2) is 5.97 Å². The second-order valence-corrected chi connectivity index (χ2v) is 3.70. The summed E-state index contributed by atoms with van der Waals surface area (Å²) in [5.74, 6) is 0.328. The van der Waals surface area contributed by atoms with Crippen molar-refractivity contribution >= 4 is 5.97 Å². The molecule has 0 atom stereocenters. The van der Waals surface area contributed by atoms with E-state index in [0.29, 0.717) is 5.75 Å². The maximum Gasteiger partial charge on any atom is 0.308 e. The molecule has 0 aliphatic rings. The highest BCUT2D eigenvalue weighted by atomic mass is 16.5. The second-order valence-electron chi connectivity index (χ2n) is 3.70. The maximum atomic E-state index is 10.8. The van der Waals surface area contributed by atoms with Crippen LogP contribution < -0.4 is 4.74 Å². The largest absolute Gasteiger partial charge is 0.427 e. The van der Waals surface area contributed by atoms with Gasteiger partial charge >= 0.3 is 5.97 Å². The van der Waals surface area contributed by atoms with Gasteiger partial charge < -0.3 is 4.74 Å². The van der Waals surface area contributed by atoms with Crippen molar-refractivity contribution in [1.82, 2.24) is 0 Å². The average molecular weight is 204 g/mol. The Labute approximate surface area is 90.6 Å². The van der Waals surface area contributed by atoms with E-state index >= 15 is 0 Å². The van der Waals surface area contributed by atoms with Crippen molar-refractivity contribution in [3.63, 3.8) is 0 Å². The van der Waals surface area contributed by atoms with Gasteiger partial charge in [0.25, 0.3) is 0 Å². The molecule has 0 amide bonds. The van der Waals surface area contributed by atoms with Crippen molar-refractivity contribution in [2.24, 2.45) is 0 Å². The van der Waals surface area contributed by atoms with Gasteiger partial charge in [0, 0.05) is 6.92 Å². The summed E-state index contributed by atoms with van der Waals surface area (Å²) in [5.41, 5.74) is 2.32. The molecular formula is C13H16O2. The minimum atomic E-state index is -0.285. The zero-order chi connectivity index (χ0) is 11.3. The predicted molar refractivity (Wildman–Crippen MR) is 60.9 cm³/mol. The Kier molecular flexibility index (Phi) is 4.10. The van der Waals surface area contributed by atoms with Crippen LogP contribution in [0.3, 0.4) is 0 Å². The van der Waals surface area contributed by atoms with E-state index in [1.807, 2.05) is 25.1 Å². The van der Waals surface area contributed by atoms with Crippen molar-refractivity contribution < 1.29 is 9.53 Å². The van der Waals surface area contributed by atoms with E-state index in [-0.39, 0.29) is 5.97 Å². The van der Waals surface area contributed by atoms with Gasteiger partial charge in [-0.05, 0) is 37.5 Å². The molecule has 0 aromatic heterocycles. The number of carbonyl (C=O) groups is 1. The van der Waals surface area contributed by atoms with Crippen LogP contribution in [0.25, 0.3) is 0 Å². The smallest absolute Gasteiger partial charge is 0.308 e. The van der Waals surface area contributed by atoms with Crippen molar-refractivity contribution in [1.29, 1.82) is 0 Å². The van der Waals surface area contributed by atoms with E-state index in [4.69, 9.17) is 4.74 Å². The van der Waals surface area contributed by atoms with Crippen molar-refractivity contribution in [3.8, 4) is 5.75 Å². The molecule has 0 spiro atoms. The van der Waals surface area contributed by atoms with Crippen molar-refractivity contribution in [2.75, 3.05) is 0 Å². The van der Waals surface area contributed by atoms with Gasteiger partial charge in [0.05, 0.1) is 0 Å². The highest BCUT2D eigenvalue weighted by Gasteiger charge is 1.99. The minimum Gasteiger partial charge on any atom is -0.427 e. The van der Waals surface area contributed by atoms with Crippen LogP contribution in [0.1, 0.15) is 25.8 Å². The topological polar surface area (TPSA) is 26.3 Å².